The van der Waals surface area contributed by atoms with Crippen LogP contribution in [0.3, 0.4) is 0 Å². The maximum atomic E-state index is 11.1. The van der Waals surface area contributed by atoms with Crippen molar-refractivity contribution in [2.24, 2.45) is 5.73 Å². The molecule has 70 valence electrons. The number of carbonyl (C=O) groups excluding carboxylic acids is 1. The topological polar surface area (TPSA) is 52.3 Å². The zero-order valence-electron chi connectivity index (χ0n) is 7.21. The SMILES string of the molecule is COC(=O)c1ccc(Cl)c(CN)c1. The van der Waals surface area contributed by atoms with Crippen LogP contribution in [0, 0.1) is 0 Å². The van der Waals surface area contributed by atoms with Crippen molar-refractivity contribution >= 4 is 17.6 Å². The lowest BCUT2D eigenvalue weighted by Crippen LogP contribution is -2.04. The first-order valence-corrected chi connectivity index (χ1v) is 4.13. The first-order valence-electron chi connectivity index (χ1n) is 3.76. The van der Waals surface area contributed by atoms with E-state index in [4.69, 9.17) is 17.3 Å². The number of hydrogen-bond donors (Lipinski definition) is 1. The van der Waals surface area contributed by atoms with E-state index in [-0.39, 0.29) is 5.97 Å². The summed E-state index contributed by atoms with van der Waals surface area (Å²) >= 11 is 5.81. The molecule has 2 N–H and O–H groups in total. The highest BCUT2D eigenvalue weighted by molar-refractivity contribution is 6.31. The number of methoxy groups -OCH3 is 1. The van der Waals surface area contributed by atoms with Crippen LogP contribution in [-0.4, -0.2) is 13.1 Å². The van der Waals surface area contributed by atoms with E-state index in [0.717, 1.165) is 5.56 Å². The Kier molecular flexibility index (Phi) is 3.28. The molecule has 3 nitrogen and oxygen atoms in total. The average Bonchev–Trinajstić information content (AvgIpc) is 2.17. The summed E-state index contributed by atoms with van der Waals surface area (Å²) in [4.78, 5) is 11.1. The van der Waals surface area contributed by atoms with Gasteiger partial charge in [-0.2, -0.15) is 0 Å². The number of benzene rings is 1. The standard InChI is InChI=1S/C9H10ClNO2/c1-13-9(12)6-2-3-8(10)7(4-6)5-11/h2-4H,5,11H2,1H3. The maximum Gasteiger partial charge on any atom is 0.337 e. The molecule has 0 spiro atoms. The largest absolute Gasteiger partial charge is 0.465 e. The van der Waals surface area contributed by atoms with E-state index in [9.17, 15) is 4.79 Å². The summed E-state index contributed by atoms with van der Waals surface area (Å²) in [6.07, 6.45) is 0. The summed E-state index contributed by atoms with van der Waals surface area (Å²) in [5.41, 5.74) is 6.63. The molecule has 0 heterocycles. The number of carbonyl (C=O) groups is 1. The molecule has 1 aromatic rings. The van der Waals surface area contributed by atoms with Gasteiger partial charge in [-0.3, -0.25) is 0 Å². The molecule has 0 unspecified atom stereocenters. The van der Waals surface area contributed by atoms with Crippen LogP contribution in [0.4, 0.5) is 0 Å². The van der Waals surface area contributed by atoms with Crippen LogP contribution in [-0.2, 0) is 11.3 Å². The maximum absolute atomic E-state index is 11.1. The summed E-state index contributed by atoms with van der Waals surface area (Å²) in [6.45, 7) is 0.309. The van der Waals surface area contributed by atoms with E-state index in [2.05, 4.69) is 4.74 Å². The third-order valence-electron chi connectivity index (χ3n) is 1.69. The van der Waals surface area contributed by atoms with Gasteiger partial charge in [0, 0.05) is 11.6 Å². The molecule has 0 saturated carbocycles. The van der Waals surface area contributed by atoms with Crippen LogP contribution >= 0.6 is 11.6 Å². The first-order chi connectivity index (χ1) is 6.19. The minimum Gasteiger partial charge on any atom is -0.465 e. The first kappa shape index (κ1) is 10.0. The lowest BCUT2D eigenvalue weighted by molar-refractivity contribution is 0.0600. The minimum absolute atomic E-state index is 0.309. The van der Waals surface area contributed by atoms with Gasteiger partial charge in [-0.15, -0.1) is 0 Å². The quantitative estimate of drug-likeness (QED) is 0.736. The zero-order valence-corrected chi connectivity index (χ0v) is 7.97. The second-order valence-electron chi connectivity index (χ2n) is 2.50. The van der Waals surface area contributed by atoms with Crippen LogP contribution in [0.5, 0.6) is 0 Å². The number of esters is 1. The molecule has 0 aliphatic heterocycles. The van der Waals surface area contributed by atoms with Crippen molar-refractivity contribution in [2.75, 3.05) is 7.11 Å². The molecule has 0 atom stereocenters. The summed E-state index contributed by atoms with van der Waals surface area (Å²) in [7, 11) is 1.33. The van der Waals surface area contributed by atoms with Crippen LogP contribution in [0.15, 0.2) is 18.2 Å². The zero-order chi connectivity index (χ0) is 9.84. The molecule has 0 aliphatic rings. The van der Waals surface area contributed by atoms with Gasteiger partial charge < -0.3 is 10.5 Å². The Morgan fingerprint density at radius 3 is 2.85 bits per heavy atom. The Morgan fingerprint density at radius 1 is 1.62 bits per heavy atom. The molecule has 0 bridgehead atoms. The molecule has 1 rings (SSSR count). The molecule has 0 fully saturated rings. The van der Waals surface area contributed by atoms with Crippen molar-refractivity contribution in [3.8, 4) is 0 Å². The van der Waals surface area contributed by atoms with E-state index in [0.29, 0.717) is 17.1 Å². The number of hydrogen-bond acceptors (Lipinski definition) is 3. The highest BCUT2D eigenvalue weighted by Crippen LogP contribution is 2.17. The monoisotopic (exact) mass is 199 g/mol. The van der Waals surface area contributed by atoms with Gasteiger partial charge in [0.05, 0.1) is 12.7 Å². The van der Waals surface area contributed by atoms with Gasteiger partial charge in [0.1, 0.15) is 0 Å². The van der Waals surface area contributed by atoms with Gasteiger partial charge in [0.2, 0.25) is 0 Å². The van der Waals surface area contributed by atoms with Crippen LogP contribution in [0.25, 0.3) is 0 Å². The predicted molar refractivity (Wildman–Crippen MR) is 50.7 cm³/mol. The molecule has 0 saturated heterocycles. The summed E-state index contributed by atoms with van der Waals surface area (Å²) in [5, 5.41) is 0.565. The van der Waals surface area contributed by atoms with Crippen LogP contribution < -0.4 is 5.73 Å². The van der Waals surface area contributed by atoms with Gasteiger partial charge in [0.15, 0.2) is 0 Å². The third-order valence-corrected chi connectivity index (χ3v) is 2.06. The lowest BCUT2D eigenvalue weighted by atomic mass is 10.1. The van der Waals surface area contributed by atoms with E-state index in [1.54, 1.807) is 18.2 Å². The predicted octanol–water partition coefficient (Wildman–Crippen LogP) is 1.59. The van der Waals surface area contributed by atoms with Gasteiger partial charge in [-0.1, -0.05) is 11.6 Å². The average molecular weight is 200 g/mol. The fraction of sp³-hybridized carbons (Fsp3) is 0.222. The summed E-state index contributed by atoms with van der Waals surface area (Å²) in [5.74, 6) is -0.383. The van der Waals surface area contributed by atoms with Crippen molar-refractivity contribution < 1.29 is 9.53 Å². The number of rotatable bonds is 2. The normalized spacial score (nSPS) is 9.77. The highest BCUT2D eigenvalue weighted by atomic mass is 35.5. The third kappa shape index (κ3) is 2.20. The second-order valence-corrected chi connectivity index (χ2v) is 2.91. The Bertz CT molecular complexity index is 325. The van der Waals surface area contributed by atoms with Crippen molar-refractivity contribution in [1.82, 2.24) is 0 Å². The molecule has 1 aromatic carbocycles. The Hall–Kier alpha value is -1.06. The van der Waals surface area contributed by atoms with Gasteiger partial charge in [-0.25, -0.2) is 4.79 Å². The molecule has 13 heavy (non-hydrogen) atoms. The molecule has 0 amide bonds. The molecular weight excluding hydrogens is 190 g/mol. The molecule has 0 aliphatic carbocycles. The summed E-state index contributed by atoms with van der Waals surface area (Å²) in [6, 6.07) is 4.87. The van der Waals surface area contributed by atoms with E-state index >= 15 is 0 Å². The minimum atomic E-state index is -0.383. The smallest absolute Gasteiger partial charge is 0.337 e. The Balaban J connectivity index is 3.06. The van der Waals surface area contributed by atoms with Crippen molar-refractivity contribution in [2.45, 2.75) is 6.54 Å². The molecule has 0 aromatic heterocycles. The fourth-order valence-corrected chi connectivity index (χ4v) is 1.17. The molecular formula is C9H10ClNO2. The van der Waals surface area contributed by atoms with E-state index in [1.807, 2.05) is 0 Å². The van der Waals surface area contributed by atoms with E-state index < -0.39 is 0 Å². The van der Waals surface area contributed by atoms with Crippen molar-refractivity contribution in [1.29, 1.82) is 0 Å². The van der Waals surface area contributed by atoms with Crippen molar-refractivity contribution in [3.63, 3.8) is 0 Å². The number of halogens is 1. The van der Waals surface area contributed by atoms with Crippen LogP contribution in [0.1, 0.15) is 15.9 Å². The Labute approximate surface area is 81.4 Å². The van der Waals surface area contributed by atoms with Gasteiger partial charge in [0.25, 0.3) is 0 Å². The van der Waals surface area contributed by atoms with Crippen molar-refractivity contribution in [3.05, 3.63) is 34.3 Å². The number of nitrogens with two attached hydrogens (primary N) is 1. The van der Waals surface area contributed by atoms with Gasteiger partial charge >= 0.3 is 5.97 Å². The van der Waals surface area contributed by atoms with Gasteiger partial charge in [-0.05, 0) is 23.8 Å². The fourth-order valence-electron chi connectivity index (χ4n) is 0.976. The summed E-state index contributed by atoms with van der Waals surface area (Å²) < 4.78 is 4.55. The van der Waals surface area contributed by atoms with Crippen LogP contribution in [0.2, 0.25) is 5.02 Å². The van der Waals surface area contributed by atoms with E-state index in [1.165, 1.54) is 7.11 Å². The lowest BCUT2D eigenvalue weighted by Gasteiger charge is -2.03. The Morgan fingerprint density at radius 2 is 2.31 bits per heavy atom. The molecule has 4 heteroatoms. The molecule has 0 radical (unpaired) electrons. The second kappa shape index (κ2) is 4.25. The number of ether oxygens (including phenoxy) is 1. The highest BCUT2D eigenvalue weighted by Gasteiger charge is 2.07.